The second kappa shape index (κ2) is 6.52. The van der Waals surface area contributed by atoms with Gasteiger partial charge >= 0.3 is 0 Å². The molecule has 0 saturated heterocycles. The van der Waals surface area contributed by atoms with Crippen LogP contribution in [0.4, 0.5) is 10.8 Å². The predicted octanol–water partition coefficient (Wildman–Crippen LogP) is 3.50. The number of anilines is 2. The third-order valence-electron chi connectivity index (χ3n) is 5.23. The number of hydrogen-bond acceptors (Lipinski definition) is 7. The van der Waals surface area contributed by atoms with Gasteiger partial charge in [0.1, 0.15) is 23.6 Å². The van der Waals surface area contributed by atoms with E-state index in [0.29, 0.717) is 18.0 Å². The van der Waals surface area contributed by atoms with Crippen molar-refractivity contribution < 1.29 is 9.53 Å². The maximum Gasteiger partial charge on any atom is 0.263 e. The van der Waals surface area contributed by atoms with Gasteiger partial charge in [0.2, 0.25) is 0 Å². The van der Waals surface area contributed by atoms with Crippen LogP contribution >= 0.6 is 11.3 Å². The molecule has 2 aliphatic heterocycles. The molecule has 148 valence electrons. The number of fused-ring (bicyclic) bond motifs is 2. The van der Waals surface area contributed by atoms with Gasteiger partial charge in [-0.2, -0.15) is 0 Å². The van der Waals surface area contributed by atoms with E-state index < -0.39 is 0 Å². The van der Waals surface area contributed by atoms with Gasteiger partial charge in [0.25, 0.3) is 5.91 Å². The highest BCUT2D eigenvalue weighted by Gasteiger charge is 2.34. The van der Waals surface area contributed by atoms with E-state index in [1.165, 1.54) is 17.7 Å². The molecule has 0 spiro atoms. The van der Waals surface area contributed by atoms with Gasteiger partial charge in [-0.25, -0.2) is 15.0 Å². The molecular weight excluding hydrogens is 386 g/mol. The maximum absolute atomic E-state index is 12.5. The molecule has 0 atom stereocenters. The molecule has 4 heterocycles. The van der Waals surface area contributed by atoms with Gasteiger partial charge in [0.15, 0.2) is 5.13 Å². The van der Waals surface area contributed by atoms with Crippen molar-refractivity contribution >= 4 is 28.1 Å². The number of benzene rings is 1. The van der Waals surface area contributed by atoms with Gasteiger partial charge in [-0.1, -0.05) is 11.3 Å². The van der Waals surface area contributed by atoms with Gasteiger partial charge in [-0.05, 0) is 44.0 Å². The van der Waals surface area contributed by atoms with Crippen LogP contribution in [0.2, 0.25) is 0 Å². The molecule has 0 radical (unpaired) electrons. The first-order valence-corrected chi connectivity index (χ1v) is 10.4. The molecule has 3 aromatic rings. The number of nitrogens with one attached hydrogen (secondary N) is 1. The first-order chi connectivity index (χ1) is 13.9. The first kappa shape index (κ1) is 18.1. The number of amides is 1. The van der Waals surface area contributed by atoms with Crippen molar-refractivity contribution in [3.63, 3.8) is 0 Å². The predicted molar refractivity (Wildman–Crippen MR) is 112 cm³/mol. The Kier molecular flexibility index (Phi) is 4.06. The summed E-state index contributed by atoms with van der Waals surface area (Å²) in [6.07, 6.45) is 5.86. The summed E-state index contributed by atoms with van der Waals surface area (Å²) in [6.45, 7) is 7.36. The van der Waals surface area contributed by atoms with E-state index in [4.69, 9.17) is 9.72 Å². The van der Waals surface area contributed by atoms with Crippen molar-refractivity contribution in [1.29, 1.82) is 0 Å². The lowest BCUT2D eigenvalue weighted by molar-refractivity contribution is 0.0901. The Hall–Kier alpha value is -3.00. The Labute approximate surface area is 172 Å². The van der Waals surface area contributed by atoms with E-state index >= 15 is 0 Å². The normalized spacial score (nSPS) is 17.2. The minimum absolute atomic E-state index is 0.0379. The first-order valence-electron chi connectivity index (χ1n) is 9.54. The number of aryl methyl sites for hydroxylation is 1. The van der Waals surface area contributed by atoms with Gasteiger partial charge in [-0.15, -0.1) is 0 Å². The molecule has 1 amide bonds. The standard InChI is InChI=1S/C21H21N5O2S/c1-12-6-16-17(7-14(12)13-9-22-11-23-10-13)28-5-4-26(16)20-24-15-8-21(2,3)25-19(27)18(15)29-20/h6-7,9-11H,4-5,8H2,1-3H3,(H,25,27). The summed E-state index contributed by atoms with van der Waals surface area (Å²) >= 11 is 1.45. The minimum atomic E-state index is -0.276. The lowest BCUT2D eigenvalue weighted by Crippen LogP contribution is -2.48. The summed E-state index contributed by atoms with van der Waals surface area (Å²) in [5, 5.41) is 3.89. The van der Waals surface area contributed by atoms with Crippen molar-refractivity contribution in [3.8, 4) is 16.9 Å². The number of aromatic nitrogens is 3. The van der Waals surface area contributed by atoms with E-state index in [1.807, 2.05) is 19.9 Å². The molecule has 2 aliphatic rings. The smallest absolute Gasteiger partial charge is 0.263 e. The molecule has 0 saturated carbocycles. The Morgan fingerprint density at radius 1 is 1.24 bits per heavy atom. The van der Waals surface area contributed by atoms with Crippen LogP contribution in [0.25, 0.3) is 11.1 Å². The average molecular weight is 407 g/mol. The van der Waals surface area contributed by atoms with Crippen molar-refractivity contribution in [3.05, 3.63) is 47.0 Å². The largest absolute Gasteiger partial charge is 0.490 e. The fourth-order valence-corrected chi connectivity index (χ4v) is 4.91. The van der Waals surface area contributed by atoms with Crippen LogP contribution in [-0.4, -0.2) is 39.5 Å². The van der Waals surface area contributed by atoms with Gasteiger partial charge in [0.05, 0.1) is 17.9 Å². The summed E-state index contributed by atoms with van der Waals surface area (Å²) in [4.78, 5) is 28.5. The molecule has 2 aromatic heterocycles. The van der Waals surface area contributed by atoms with Crippen molar-refractivity contribution in [2.45, 2.75) is 32.7 Å². The quantitative estimate of drug-likeness (QED) is 0.700. The number of nitrogens with zero attached hydrogens (tertiary/aromatic N) is 4. The van der Waals surface area contributed by atoms with E-state index in [1.54, 1.807) is 12.4 Å². The molecule has 0 bridgehead atoms. The van der Waals surface area contributed by atoms with Gasteiger partial charge in [-0.3, -0.25) is 4.79 Å². The van der Waals surface area contributed by atoms with Crippen LogP contribution in [0.15, 0.2) is 30.9 Å². The number of carbonyl (C=O) groups is 1. The second-order valence-electron chi connectivity index (χ2n) is 8.05. The lowest BCUT2D eigenvalue weighted by Gasteiger charge is -2.30. The number of thiazole rings is 1. The molecule has 1 aromatic carbocycles. The molecular formula is C21H21N5O2S. The van der Waals surface area contributed by atoms with E-state index in [0.717, 1.165) is 45.4 Å². The monoisotopic (exact) mass is 407 g/mol. The second-order valence-corrected chi connectivity index (χ2v) is 9.03. The Morgan fingerprint density at radius 2 is 2.03 bits per heavy atom. The van der Waals surface area contributed by atoms with Crippen LogP contribution < -0.4 is 15.0 Å². The number of carbonyl (C=O) groups excluding carboxylic acids is 1. The van der Waals surface area contributed by atoms with Crippen LogP contribution in [0.3, 0.4) is 0 Å². The van der Waals surface area contributed by atoms with Crippen molar-refractivity contribution in [2.24, 2.45) is 0 Å². The van der Waals surface area contributed by atoms with E-state index in [9.17, 15) is 4.79 Å². The molecule has 29 heavy (non-hydrogen) atoms. The van der Waals surface area contributed by atoms with Gasteiger partial charge < -0.3 is 15.0 Å². The maximum atomic E-state index is 12.5. The Bertz CT molecular complexity index is 1110. The van der Waals surface area contributed by atoms with Crippen LogP contribution in [0.5, 0.6) is 5.75 Å². The number of hydrogen-bond donors (Lipinski definition) is 1. The van der Waals surface area contributed by atoms with Crippen molar-refractivity contribution in [1.82, 2.24) is 20.3 Å². The van der Waals surface area contributed by atoms with Crippen LogP contribution in [0.1, 0.15) is 34.8 Å². The summed E-state index contributed by atoms with van der Waals surface area (Å²) in [6, 6.07) is 4.15. The lowest BCUT2D eigenvalue weighted by atomic mass is 9.94. The SMILES string of the molecule is Cc1cc2c(cc1-c1cncnc1)OCCN2c1nc2c(s1)C(=O)NC(C)(C)C2. The molecule has 8 heteroatoms. The zero-order chi connectivity index (χ0) is 20.2. The molecule has 0 fully saturated rings. The van der Waals surface area contributed by atoms with E-state index in [2.05, 4.69) is 33.2 Å². The summed E-state index contributed by atoms with van der Waals surface area (Å²) in [5.41, 5.74) is 4.68. The highest BCUT2D eigenvalue weighted by Crippen LogP contribution is 2.43. The topological polar surface area (TPSA) is 80.2 Å². The average Bonchev–Trinajstić information content (AvgIpc) is 3.10. The molecule has 7 nitrogen and oxygen atoms in total. The minimum Gasteiger partial charge on any atom is -0.490 e. The summed E-state index contributed by atoms with van der Waals surface area (Å²) < 4.78 is 5.96. The molecule has 5 rings (SSSR count). The van der Waals surface area contributed by atoms with E-state index in [-0.39, 0.29) is 11.4 Å². The fourth-order valence-electron chi connectivity index (χ4n) is 3.89. The molecule has 1 N–H and O–H groups in total. The Balaban J connectivity index is 1.56. The number of ether oxygens (including phenoxy) is 1. The zero-order valence-corrected chi connectivity index (χ0v) is 17.3. The zero-order valence-electron chi connectivity index (χ0n) is 16.5. The highest BCUT2D eigenvalue weighted by molar-refractivity contribution is 7.17. The fraction of sp³-hybridized carbons (Fsp3) is 0.333. The highest BCUT2D eigenvalue weighted by atomic mass is 32.1. The number of rotatable bonds is 2. The molecule has 0 unspecified atom stereocenters. The van der Waals surface area contributed by atoms with Crippen LogP contribution in [-0.2, 0) is 6.42 Å². The molecule has 0 aliphatic carbocycles. The Morgan fingerprint density at radius 3 is 2.83 bits per heavy atom. The van der Waals surface area contributed by atoms with Crippen LogP contribution in [0, 0.1) is 6.92 Å². The third-order valence-corrected chi connectivity index (χ3v) is 6.34. The summed E-state index contributed by atoms with van der Waals surface area (Å²) in [7, 11) is 0. The third kappa shape index (κ3) is 3.13. The summed E-state index contributed by atoms with van der Waals surface area (Å²) in [5.74, 6) is 0.766. The van der Waals surface area contributed by atoms with Gasteiger partial charge in [0, 0.05) is 29.9 Å². The van der Waals surface area contributed by atoms with Crippen molar-refractivity contribution in [2.75, 3.05) is 18.1 Å².